The van der Waals surface area contributed by atoms with Crippen molar-refractivity contribution in [3.05, 3.63) is 65.2 Å². The van der Waals surface area contributed by atoms with E-state index >= 15 is 0 Å². The summed E-state index contributed by atoms with van der Waals surface area (Å²) in [7, 11) is 0. The Bertz CT molecular complexity index is 930. The Morgan fingerprint density at radius 2 is 1.83 bits per heavy atom. The smallest absolute Gasteiger partial charge is 0.416 e. The van der Waals surface area contributed by atoms with Crippen molar-refractivity contribution < 1.29 is 27.5 Å². The van der Waals surface area contributed by atoms with E-state index < -0.39 is 23.6 Å². The van der Waals surface area contributed by atoms with Gasteiger partial charge in [-0.1, -0.05) is 30.0 Å². The molecule has 0 heterocycles. The number of carbonyl (C=O) groups is 2. The summed E-state index contributed by atoms with van der Waals surface area (Å²) in [5, 5.41) is 4.94. The van der Waals surface area contributed by atoms with Crippen molar-refractivity contribution in [3.8, 4) is 17.6 Å². The van der Waals surface area contributed by atoms with E-state index in [1.54, 1.807) is 31.2 Å². The van der Waals surface area contributed by atoms with Gasteiger partial charge in [-0.3, -0.25) is 9.59 Å². The Morgan fingerprint density at radius 1 is 1.07 bits per heavy atom. The number of halogens is 3. The lowest BCUT2D eigenvalue weighted by Crippen LogP contribution is -2.37. The molecule has 2 aromatic carbocycles. The molecule has 0 spiro atoms. The van der Waals surface area contributed by atoms with Gasteiger partial charge in [0.05, 0.1) is 30.8 Å². The van der Waals surface area contributed by atoms with E-state index in [1.807, 2.05) is 0 Å². The third kappa shape index (κ3) is 6.88. The zero-order chi connectivity index (χ0) is 21.3. The van der Waals surface area contributed by atoms with Crippen LogP contribution in [0.5, 0.6) is 5.75 Å². The third-order valence-electron chi connectivity index (χ3n) is 3.64. The highest BCUT2D eigenvalue weighted by Gasteiger charge is 2.30. The van der Waals surface area contributed by atoms with Gasteiger partial charge in [-0.05, 0) is 37.3 Å². The summed E-state index contributed by atoms with van der Waals surface area (Å²) >= 11 is 0. The first-order chi connectivity index (χ1) is 13.8. The number of hydrogen-bond acceptors (Lipinski definition) is 3. The molecule has 0 atom stereocenters. The van der Waals surface area contributed by atoms with Crippen molar-refractivity contribution in [3.63, 3.8) is 0 Å². The minimum Gasteiger partial charge on any atom is -0.493 e. The standard InChI is InChI=1S/C21H19F3N2O3/c1-2-29-18-11-4-3-10-17(18)20(28)26-14-19(27)25-12-6-8-15-7-5-9-16(13-15)21(22,23)24/h3-5,7,9-11,13H,2,12,14H2,1H3,(H,25,27)(H,26,28). The average Bonchev–Trinajstić information content (AvgIpc) is 2.70. The van der Waals surface area contributed by atoms with Gasteiger partial charge in [-0.25, -0.2) is 0 Å². The van der Waals surface area contributed by atoms with Crippen LogP contribution in [0.1, 0.15) is 28.4 Å². The van der Waals surface area contributed by atoms with Gasteiger partial charge in [0.15, 0.2) is 0 Å². The Hall–Kier alpha value is -3.47. The summed E-state index contributed by atoms with van der Waals surface area (Å²) in [6, 6.07) is 11.3. The molecule has 0 fully saturated rings. The second-order valence-corrected chi connectivity index (χ2v) is 5.77. The van der Waals surface area contributed by atoms with Crippen LogP contribution in [-0.4, -0.2) is 31.5 Å². The van der Waals surface area contributed by atoms with Crippen LogP contribution >= 0.6 is 0 Å². The largest absolute Gasteiger partial charge is 0.493 e. The molecule has 2 aromatic rings. The molecule has 5 nitrogen and oxygen atoms in total. The van der Waals surface area contributed by atoms with Gasteiger partial charge in [0.25, 0.3) is 5.91 Å². The number of carbonyl (C=O) groups excluding carboxylic acids is 2. The molecule has 0 aliphatic rings. The first-order valence-corrected chi connectivity index (χ1v) is 8.74. The van der Waals surface area contributed by atoms with Crippen LogP contribution < -0.4 is 15.4 Å². The molecule has 0 unspecified atom stereocenters. The summed E-state index contributed by atoms with van der Waals surface area (Å²) in [6.07, 6.45) is -4.44. The molecule has 0 aliphatic carbocycles. The first-order valence-electron chi connectivity index (χ1n) is 8.74. The molecular weight excluding hydrogens is 385 g/mol. The topological polar surface area (TPSA) is 67.4 Å². The monoisotopic (exact) mass is 404 g/mol. The van der Waals surface area contributed by atoms with E-state index in [2.05, 4.69) is 22.5 Å². The van der Waals surface area contributed by atoms with Crippen LogP contribution in [0.2, 0.25) is 0 Å². The van der Waals surface area contributed by atoms with E-state index in [4.69, 9.17) is 4.74 Å². The molecule has 2 N–H and O–H groups in total. The van der Waals surface area contributed by atoms with Crippen LogP contribution in [0.15, 0.2) is 48.5 Å². The minimum atomic E-state index is -4.44. The number of para-hydroxylation sites is 1. The Morgan fingerprint density at radius 3 is 2.55 bits per heavy atom. The number of rotatable bonds is 6. The molecule has 0 aromatic heterocycles. The van der Waals surface area contributed by atoms with E-state index in [1.165, 1.54) is 12.1 Å². The first kappa shape index (κ1) is 21.8. The maximum Gasteiger partial charge on any atom is 0.416 e. The molecule has 8 heteroatoms. The summed E-state index contributed by atoms with van der Waals surface area (Å²) in [6.45, 7) is 1.85. The van der Waals surface area contributed by atoms with Crippen molar-refractivity contribution in [1.82, 2.24) is 10.6 Å². The van der Waals surface area contributed by atoms with Crippen molar-refractivity contribution in [2.75, 3.05) is 19.7 Å². The highest BCUT2D eigenvalue weighted by molar-refractivity contribution is 5.98. The van der Waals surface area contributed by atoms with Crippen LogP contribution in [0, 0.1) is 11.8 Å². The zero-order valence-electron chi connectivity index (χ0n) is 15.6. The van der Waals surface area contributed by atoms with Crippen LogP contribution in [0.25, 0.3) is 0 Å². The molecular formula is C21H19F3N2O3. The molecule has 0 saturated heterocycles. The van der Waals surface area contributed by atoms with Gasteiger partial charge >= 0.3 is 6.18 Å². The van der Waals surface area contributed by atoms with Gasteiger partial charge in [-0.2, -0.15) is 13.2 Å². The third-order valence-corrected chi connectivity index (χ3v) is 3.64. The average molecular weight is 404 g/mol. The maximum atomic E-state index is 12.7. The van der Waals surface area contributed by atoms with Crippen LogP contribution in [0.3, 0.4) is 0 Å². The normalized spacial score (nSPS) is 10.5. The molecule has 0 bridgehead atoms. The van der Waals surface area contributed by atoms with E-state index in [-0.39, 0.29) is 18.7 Å². The lowest BCUT2D eigenvalue weighted by Gasteiger charge is -2.10. The summed E-state index contributed by atoms with van der Waals surface area (Å²) < 4.78 is 43.3. The molecule has 0 radical (unpaired) electrons. The number of amides is 2. The maximum absolute atomic E-state index is 12.7. The molecule has 152 valence electrons. The Balaban J connectivity index is 1.83. The van der Waals surface area contributed by atoms with Crippen LogP contribution in [0.4, 0.5) is 13.2 Å². The molecule has 0 saturated carbocycles. The van der Waals surface area contributed by atoms with Crippen molar-refractivity contribution in [2.24, 2.45) is 0 Å². The van der Waals surface area contributed by atoms with Gasteiger partial charge in [0.1, 0.15) is 5.75 Å². The number of alkyl halides is 3. The van der Waals surface area contributed by atoms with Crippen LogP contribution in [-0.2, 0) is 11.0 Å². The predicted molar refractivity (Wildman–Crippen MR) is 101 cm³/mol. The Labute approximate surface area is 166 Å². The highest BCUT2D eigenvalue weighted by Crippen LogP contribution is 2.29. The quantitative estimate of drug-likeness (QED) is 0.728. The second kappa shape index (κ2) is 10.2. The number of benzene rings is 2. The SMILES string of the molecule is CCOc1ccccc1C(=O)NCC(=O)NCC#Cc1cccc(C(F)(F)F)c1. The van der Waals surface area contributed by atoms with Gasteiger partial charge < -0.3 is 15.4 Å². The van der Waals surface area contributed by atoms with Crippen molar-refractivity contribution in [1.29, 1.82) is 0 Å². The highest BCUT2D eigenvalue weighted by atomic mass is 19.4. The number of nitrogens with one attached hydrogen (secondary N) is 2. The molecule has 2 rings (SSSR count). The molecule has 29 heavy (non-hydrogen) atoms. The fraction of sp³-hybridized carbons (Fsp3) is 0.238. The van der Waals surface area contributed by atoms with Crippen molar-refractivity contribution >= 4 is 11.8 Å². The molecule has 0 aliphatic heterocycles. The van der Waals surface area contributed by atoms with Gasteiger partial charge in [-0.15, -0.1) is 0 Å². The fourth-order valence-electron chi connectivity index (χ4n) is 2.32. The van der Waals surface area contributed by atoms with Gasteiger partial charge in [0, 0.05) is 5.56 Å². The van der Waals surface area contributed by atoms with Gasteiger partial charge in [0.2, 0.25) is 5.91 Å². The van der Waals surface area contributed by atoms with Crippen molar-refractivity contribution in [2.45, 2.75) is 13.1 Å². The number of ether oxygens (including phenoxy) is 1. The lowest BCUT2D eigenvalue weighted by molar-refractivity contribution is -0.137. The number of hydrogen-bond donors (Lipinski definition) is 2. The van der Waals surface area contributed by atoms with E-state index in [9.17, 15) is 22.8 Å². The second-order valence-electron chi connectivity index (χ2n) is 5.77. The van der Waals surface area contributed by atoms with E-state index in [0.717, 1.165) is 12.1 Å². The Kier molecular flexibility index (Phi) is 7.66. The fourth-order valence-corrected chi connectivity index (χ4v) is 2.32. The predicted octanol–water partition coefficient (Wildman–Crippen LogP) is 3.00. The zero-order valence-corrected chi connectivity index (χ0v) is 15.6. The summed E-state index contributed by atoms with van der Waals surface area (Å²) in [5.41, 5.74) is -0.287. The minimum absolute atomic E-state index is 0.0690. The summed E-state index contributed by atoms with van der Waals surface area (Å²) in [5.74, 6) is 4.61. The summed E-state index contributed by atoms with van der Waals surface area (Å²) in [4.78, 5) is 24.0. The lowest BCUT2D eigenvalue weighted by atomic mass is 10.1. The van der Waals surface area contributed by atoms with E-state index in [0.29, 0.717) is 17.9 Å². The molecule has 2 amide bonds.